The van der Waals surface area contributed by atoms with Gasteiger partial charge in [-0.1, -0.05) is 47.0 Å². The summed E-state index contributed by atoms with van der Waals surface area (Å²) in [5.74, 6) is -1.88. The molecule has 1 unspecified atom stereocenters. The van der Waals surface area contributed by atoms with Crippen LogP contribution in [0.1, 0.15) is 48.4 Å². The molecule has 1 aliphatic carbocycles. The van der Waals surface area contributed by atoms with Crippen molar-refractivity contribution in [2.45, 2.75) is 44.7 Å². The van der Waals surface area contributed by atoms with E-state index in [0.29, 0.717) is 11.1 Å². The maximum atomic E-state index is 13.5. The summed E-state index contributed by atoms with van der Waals surface area (Å²) < 4.78 is 14.4. The zero-order valence-corrected chi connectivity index (χ0v) is 17.6. The van der Waals surface area contributed by atoms with Gasteiger partial charge in [0.2, 0.25) is 0 Å². The van der Waals surface area contributed by atoms with Gasteiger partial charge in [-0.05, 0) is 55.2 Å². The van der Waals surface area contributed by atoms with Crippen molar-refractivity contribution in [2.75, 3.05) is 0 Å². The van der Waals surface area contributed by atoms with Crippen molar-refractivity contribution in [3.8, 4) is 0 Å². The van der Waals surface area contributed by atoms with Gasteiger partial charge in [0.1, 0.15) is 11.6 Å². The molecule has 4 rings (SSSR count). The highest BCUT2D eigenvalue weighted by Crippen LogP contribution is 2.43. The van der Waals surface area contributed by atoms with Crippen molar-refractivity contribution in [1.82, 2.24) is 4.90 Å². The molecule has 2 aromatic rings. The topological polar surface area (TPSA) is 57.6 Å². The maximum absolute atomic E-state index is 13.5. The Kier molecular flexibility index (Phi) is 5.30. The summed E-state index contributed by atoms with van der Waals surface area (Å²) in [6, 6.07) is 10.3. The number of Topliss-reactive ketones (excluding diaryl/α,β-unsaturated/α-hetero) is 1. The Hall–Kier alpha value is -2.47. The zero-order chi connectivity index (χ0) is 20.7. The first-order valence-corrected chi connectivity index (χ1v) is 10.5. The summed E-state index contributed by atoms with van der Waals surface area (Å²) >= 11 is 3.43. The molecule has 2 fully saturated rings. The van der Waals surface area contributed by atoms with E-state index in [1.165, 1.54) is 12.1 Å². The fraction of sp³-hybridized carbons (Fsp3) is 0.304. The highest BCUT2D eigenvalue weighted by Gasteiger charge is 2.49. The Balaban J connectivity index is 1.89. The molecule has 1 saturated heterocycles. The normalized spacial score (nSPS) is 21.9. The lowest BCUT2D eigenvalue weighted by atomic mass is 9.94. The predicted molar refractivity (Wildman–Crippen MR) is 112 cm³/mol. The third kappa shape index (κ3) is 3.50. The number of aliphatic hydroxyl groups excluding tert-OH is 1. The van der Waals surface area contributed by atoms with Gasteiger partial charge in [0, 0.05) is 16.1 Å². The van der Waals surface area contributed by atoms with E-state index in [4.69, 9.17) is 0 Å². The van der Waals surface area contributed by atoms with Crippen LogP contribution in [0.3, 0.4) is 0 Å². The van der Waals surface area contributed by atoms with Crippen molar-refractivity contribution >= 4 is 33.4 Å². The molecule has 6 heteroatoms. The van der Waals surface area contributed by atoms with Gasteiger partial charge in [0.05, 0.1) is 11.6 Å². The molecule has 2 aromatic carbocycles. The van der Waals surface area contributed by atoms with Crippen LogP contribution in [0.25, 0.3) is 5.76 Å². The van der Waals surface area contributed by atoms with Crippen LogP contribution < -0.4 is 0 Å². The molecule has 0 spiro atoms. The van der Waals surface area contributed by atoms with E-state index in [2.05, 4.69) is 15.9 Å². The third-order valence-electron chi connectivity index (χ3n) is 5.82. The molecule has 0 radical (unpaired) electrons. The molecular weight excluding hydrogens is 437 g/mol. The molecule has 29 heavy (non-hydrogen) atoms. The number of nitrogens with zero attached hydrogens (tertiary/aromatic N) is 1. The van der Waals surface area contributed by atoms with E-state index in [1.54, 1.807) is 35.2 Å². The van der Waals surface area contributed by atoms with E-state index in [9.17, 15) is 19.1 Å². The van der Waals surface area contributed by atoms with Crippen molar-refractivity contribution in [2.24, 2.45) is 0 Å². The number of carbonyl (C=O) groups excluding carboxylic acids is 2. The highest BCUT2D eigenvalue weighted by molar-refractivity contribution is 9.10. The molecule has 1 atom stereocenters. The number of hydrogen-bond donors (Lipinski definition) is 1. The van der Waals surface area contributed by atoms with Crippen LogP contribution in [0.4, 0.5) is 4.39 Å². The minimum absolute atomic E-state index is 0.0570. The minimum atomic E-state index is -0.720. The lowest BCUT2D eigenvalue weighted by Gasteiger charge is -2.30. The first-order chi connectivity index (χ1) is 13.9. The Morgan fingerprint density at radius 3 is 2.38 bits per heavy atom. The van der Waals surface area contributed by atoms with Crippen molar-refractivity contribution < 1.29 is 19.1 Å². The summed E-state index contributed by atoms with van der Waals surface area (Å²) in [5.41, 5.74) is 2.06. The van der Waals surface area contributed by atoms with Gasteiger partial charge in [-0.3, -0.25) is 9.59 Å². The number of aliphatic hydroxyl groups is 1. The van der Waals surface area contributed by atoms with Crippen LogP contribution in [0, 0.1) is 12.7 Å². The Labute approximate surface area is 177 Å². The van der Waals surface area contributed by atoms with Crippen LogP contribution in [0.5, 0.6) is 0 Å². The van der Waals surface area contributed by atoms with Crippen LogP contribution >= 0.6 is 15.9 Å². The lowest BCUT2D eigenvalue weighted by Crippen LogP contribution is -2.37. The number of ketones is 1. The van der Waals surface area contributed by atoms with E-state index in [1.807, 2.05) is 6.92 Å². The van der Waals surface area contributed by atoms with Crippen LogP contribution in [-0.4, -0.2) is 27.7 Å². The number of hydrogen-bond acceptors (Lipinski definition) is 3. The predicted octanol–water partition coefficient (Wildman–Crippen LogP) is 5.26. The summed E-state index contributed by atoms with van der Waals surface area (Å²) in [5, 5.41) is 11.1. The molecule has 4 nitrogen and oxygen atoms in total. The van der Waals surface area contributed by atoms with Crippen LogP contribution in [0.2, 0.25) is 0 Å². The second-order valence-corrected chi connectivity index (χ2v) is 8.51. The van der Waals surface area contributed by atoms with E-state index >= 15 is 0 Å². The second kappa shape index (κ2) is 7.75. The van der Waals surface area contributed by atoms with Gasteiger partial charge in [0.25, 0.3) is 11.7 Å². The number of rotatable bonds is 3. The molecule has 1 aliphatic heterocycles. The smallest absolute Gasteiger partial charge is 0.295 e. The largest absolute Gasteiger partial charge is 0.507 e. The van der Waals surface area contributed by atoms with E-state index < -0.39 is 23.5 Å². The molecule has 1 amide bonds. The SMILES string of the molecule is Cc1cc(/C(O)=C2/C(=O)C(=O)N(C3CCCC3)C2c2ccc(F)cc2)ccc1Br. The number of likely N-dealkylation sites (tertiary alicyclic amines) is 1. The molecule has 0 bridgehead atoms. The molecule has 1 saturated carbocycles. The standard InChI is InChI=1S/C23H21BrFNO3/c1-13-12-15(8-11-18(13)24)21(27)19-20(14-6-9-16(25)10-7-14)26(23(29)22(19)28)17-4-2-3-5-17/h6-12,17,20,27H,2-5H2,1H3/b21-19-. The minimum Gasteiger partial charge on any atom is -0.507 e. The number of carbonyl (C=O) groups is 2. The molecule has 150 valence electrons. The molecule has 1 heterocycles. The van der Waals surface area contributed by atoms with Gasteiger partial charge in [0.15, 0.2) is 0 Å². The second-order valence-electron chi connectivity index (χ2n) is 7.66. The van der Waals surface area contributed by atoms with Crippen molar-refractivity contribution in [3.63, 3.8) is 0 Å². The van der Waals surface area contributed by atoms with Gasteiger partial charge >= 0.3 is 0 Å². The Bertz CT molecular complexity index is 1010. The number of halogens is 2. The lowest BCUT2D eigenvalue weighted by molar-refractivity contribution is -0.141. The summed E-state index contributed by atoms with van der Waals surface area (Å²) in [6.07, 6.45) is 3.63. The maximum Gasteiger partial charge on any atom is 0.295 e. The van der Waals surface area contributed by atoms with Crippen LogP contribution in [-0.2, 0) is 9.59 Å². The molecule has 1 N–H and O–H groups in total. The third-order valence-corrected chi connectivity index (χ3v) is 6.71. The fourth-order valence-corrected chi connectivity index (χ4v) is 4.58. The fourth-order valence-electron chi connectivity index (χ4n) is 4.33. The average Bonchev–Trinajstić information content (AvgIpc) is 3.31. The number of benzene rings is 2. The quantitative estimate of drug-likeness (QED) is 0.388. The Morgan fingerprint density at radius 2 is 1.76 bits per heavy atom. The van der Waals surface area contributed by atoms with Gasteiger partial charge in [-0.2, -0.15) is 0 Å². The first kappa shape index (κ1) is 19.8. The van der Waals surface area contributed by atoms with Gasteiger partial charge in [-0.25, -0.2) is 4.39 Å². The van der Waals surface area contributed by atoms with Gasteiger partial charge < -0.3 is 10.0 Å². The van der Waals surface area contributed by atoms with Crippen molar-refractivity contribution in [1.29, 1.82) is 0 Å². The monoisotopic (exact) mass is 457 g/mol. The molecular formula is C23H21BrFNO3. The average molecular weight is 458 g/mol. The van der Waals surface area contributed by atoms with Gasteiger partial charge in [-0.15, -0.1) is 0 Å². The molecule has 0 aromatic heterocycles. The van der Waals surface area contributed by atoms with E-state index in [0.717, 1.165) is 35.7 Å². The Morgan fingerprint density at radius 1 is 1.10 bits per heavy atom. The van der Waals surface area contributed by atoms with Crippen LogP contribution in [0.15, 0.2) is 52.5 Å². The number of amides is 1. The van der Waals surface area contributed by atoms with E-state index in [-0.39, 0.29) is 17.4 Å². The molecule has 2 aliphatic rings. The highest BCUT2D eigenvalue weighted by atomic mass is 79.9. The number of aryl methyl sites for hydroxylation is 1. The summed E-state index contributed by atoms with van der Waals surface area (Å²) in [6.45, 7) is 1.88. The summed E-state index contributed by atoms with van der Waals surface area (Å²) in [4.78, 5) is 27.6. The van der Waals surface area contributed by atoms with Crippen molar-refractivity contribution in [3.05, 3.63) is 75.0 Å². The first-order valence-electron chi connectivity index (χ1n) is 9.70. The zero-order valence-electron chi connectivity index (χ0n) is 16.0. The summed E-state index contributed by atoms with van der Waals surface area (Å²) in [7, 11) is 0.